The first-order chi connectivity index (χ1) is 6.35. The summed E-state index contributed by atoms with van der Waals surface area (Å²) < 4.78 is 10.6. The van der Waals surface area contributed by atoms with E-state index < -0.39 is 0 Å². The Morgan fingerprint density at radius 3 is 3.00 bits per heavy atom. The molecule has 1 heterocycles. The van der Waals surface area contributed by atoms with Gasteiger partial charge in [-0.05, 0) is 24.6 Å². The molecule has 0 bridgehead atoms. The van der Waals surface area contributed by atoms with Crippen molar-refractivity contribution >= 4 is 5.57 Å². The molecule has 0 saturated heterocycles. The summed E-state index contributed by atoms with van der Waals surface area (Å²) in [5, 5.41) is 0. The van der Waals surface area contributed by atoms with Crippen LogP contribution in [0.2, 0.25) is 0 Å². The molecule has 0 amide bonds. The SMILES string of the molecule is C/C=C1/COc2cc(OC)ccc21. The van der Waals surface area contributed by atoms with Crippen LogP contribution in [0, 0.1) is 0 Å². The Labute approximate surface area is 77.8 Å². The van der Waals surface area contributed by atoms with E-state index in [-0.39, 0.29) is 0 Å². The van der Waals surface area contributed by atoms with E-state index in [9.17, 15) is 0 Å². The fraction of sp³-hybridized carbons (Fsp3) is 0.273. The Morgan fingerprint density at radius 1 is 1.46 bits per heavy atom. The Morgan fingerprint density at radius 2 is 2.31 bits per heavy atom. The quantitative estimate of drug-likeness (QED) is 0.654. The van der Waals surface area contributed by atoms with Crippen LogP contribution in [0.15, 0.2) is 24.3 Å². The second kappa shape index (κ2) is 3.13. The molecule has 0 saturated carbocycles. The van der Waals surface area contributed by atoms with Crippen molar-refractivity contribution in [1.29, 1.82) is 0 Å². The van der Waals surface area contributed by atoms with Crippen molar-refractivity contribution in [2.75, 3.05) is 13.7 Å². The van der Waals surface area contributed by atoms with Gasteiger partial charge >= 0.3 is 0 Å². The van der Waals surface area contributed by atoms with E-state index in [4.69, 9.17) is 9.47 Å². The van der Waals surface area contributed by atoms with Crippen molar-refractivity contribution in [1.82, 2.24) is 0 Å². The molecule has 68 valence electrons. The van der Waals surface area contributed by atoms with Gasteiger partial charge in [0.25, 0.3) is 0 Å². The maximum absolute atomic E-state index is 5.50. The number of methoxy groups -OCH3 is 1. The normalized spacial score (nSPS) is 16.9. The topological polar surface area (TPSA) is 18.5 Å². The number of ether oxygens (including phenoxy) is 2. The lowest BCUT2D eigenvalue weighted by Crippen LogP contribution is -1.86. The van der Waals surface area contributed by atoms with E-state index >= 15 is 0 Å². The van der Waals surface area contributed by atoms with Gasteiger partial charge in [-0.2, -0.15) is 0 Å². The number of fused-ring (bicyclic) bond motifs is 1. The molecule has 1 aliphatic rings. The lowest BCUT2D eigenvalue weighted by atomic mass is 10.1. The lowest BCUT2D eigenvalue weighted by Gasteiger charge is -2.01. The van der Waals surface area contributed by atoms with Gasteiger partial charge in [-0.15, -0.1) is 0 Å². The second-order valence-corrected chi connectivity index (χ2v) is 2.96. The molecule has 13 heavy (non-hydrogen) atoms. The minimum atomic E-state index is 0.680. The summed E-state index contributed by atoms with van der Waals surface area (Å²) >= 11 is 0. The number of allylic oxidation sites excluding steroid dienone is 1. The minimum absolute atomic E-state index is 0.680. The van der Waals surface area contributed by atoms with Gasteiger partial charge in [-0.1, -0.05) is 6.08 Å². The Balaban J connectivity index is 2.46. The summed E-state index contributed by atoms with van der Waals surface area (Å²) in [6, 6.07) is 5.92. The van der Waals surface area contributed by atoms with E-state index in [1.807, 2.05) is 25.1 Å². The third-order valence-corrected chi connectivity index (χ3v) is 2.27. The van der Waals surface area contributed by atoms with Gasteiger partial charge in [-0.3, -0.25) is 0 Å². The fourth-order valence-corrected chi connectivity index (χ4v) is 1.49. The molecule has 1 aromatic carbocycles. The van der Waals surface area contributed by atoms with Gasteiger partial charge in [0.15, 0.2) is 0 Å². The van der Waals surface area contributed by atoms with Crippen molar-refractivity contribution in [3.63, 3.8) is 0 Å². The van der Waals surface area contributed by atoms with Crippen LogP contribution in [0.25, 0.3) is 5.57 Å². The van der Waals surface area contributed by atoms with Crippen LogP contribution in [0.4, 0.5) is 0 Å². The van der Waals surface area contributed by atoms with Crippen molar-refractivity contribution in [3.8, 4) is 11.5 Å². The molecular formula is C11H12O2. The molecule has 0 unspecified atom stereocenters. The largest absolute Gasteiger partial charge is 0.497 e. The highest BCUT2D eigenvalue weighted by atomic mass is 16.5. The van der Waals surface area contributed by atoms with E-state index in [0.717, 1.165) is 11.5 Å². The molecule has 0 spiro atoms. The maximum atomic E-state index is 5.50. The van der Waals surface area contributed by atoms with E-state index in [2.05, 4.69) is 6.08 Å². The highest BCUT2D eigenvalue weighted by Gasteiger charge is 2.16. The molecule has 0 radical (unpaired) electrons. The van der Waals surface area contributed by atoms with Gasteiger partial charge in [0, 0.05) is 11.6 Å². The van der Waals surface area contributed by atoms with Crippen LogP contribution >= 0.6 is 0 Å². The highest BCUT2D eigenvalue weighted by molar-refractivity contribution is 5.75. The average Bonchev–Trinajstić information content (AvgIpc) is 2.59. The van der Waals surface area contributed by atoms with Crippen LogP contribution < -0.4 is 9.47 Å². The van der Waals surface area contributed by atoms with Crippen molar-refractivity contribution < 1.29 is 9.47 Å². The molecule has 2 nitrogen and oxygen atoms in total. The number of hydrogen-bond acceptors (Lipinski definition) is 2. The smallest absolute Gasteiger partial charge is 0.131 e. The standard InChI is InChI=1S/C11H12O2/c1-3-8-7-13-11-6-9(12-2)4-5-10(8)11/h3-6H,7H2,1-2H3/b8-3-. The third-order valence-electron chi connectivity index (χ3n) is 2.27. The molecule has 2 heteroatoms. The zero-order valence-electron chi connectivity index (χ0n) is 7.83. The van der Waals surface area contributed by atoms with Crippen molar-refractivity contribution in [2.24, 2.45) is 0 Å². The van der Waals surface area contributed by atoms with Gasteiger partial charge in [0.1, 0.15) is 18.1 Å². The molecule has 1 aromatic rings. The Hall–Kier alpha value is -1.44. The molecule has 2 rings (SSSR count). The first kappa shape index (κ1) is 8.17. The summed E-state index contributed by atoms with van der Waals surface area (Å²) in [6.45, 7) is 2.71. The zero-order chi connectivity index (χ0) is 9.26. The lowest BCUT2D eigenvalue weighted by molar-refractivity contribution is 0.379. The first-order valence-electron chi connectivity index (χ1n) is 4.31. The predicted octanol–water partition coefficient (Wildman–Crippen LogP) is 2.49. The maximum Gasteiger partial charge on any atom is 0.131 e. The van der Waals surface area contributed by atoms with Crippen LogP contribution in [0.1, 0.15) is 12.5 Å². The summed E-state index contributed by atoms with van der Waals surface area (Å²) in [4.78, 5) is 0. The molecule has 0 N–H and O–H groups in total. The van der Waals surface area contributed by atoms with Crippen LogP contribution in [0.5, 0.6) is 11.5 Å². The molecule has 0 aromatic heterocycles. The predicted molar refractivity (Wildman–Crippen MR) is 52.1 cm³/mol. The molecule has 1 aliphatic heterocycles. The summed E-state index contributed by atoms with van der Waals surface area (Å²) in [5.74, 6) is 1.77. The molecule has 0 atom stereocenters. The van der Waals surface area contributed by atoms with E-state index in [1.165, 1.54) is 11.1 Å². The van der Waals surface area contributed by atoms with Crippen molar-refractivity contribution in [3.05, 3.63) is 29.8 Å². The van der Waals surface area contributed by atoms with Gasteiger partial charge < -0.3 is 9.47 Å². The monoisotopic (exact) mass is 176 g/mol. The fourth-order valence-electron chi connectivity index (χ4n) is 1.49. The molecular weight excluding hydrogens is 164 g/mol. The third kappa shape index (κ3) is 1.28. The van der Waals surface area contributed by atoms with Crippen molar-refractivity contribution in [2.45, 2.75) is 6.92 Å². The number of hydrogen-bond donors (Lipinski definition) is 0. The minimum Gasteiger partial charge on any atom is -0.497 e. The van der Waals surface area contributed by atoms with Crippen LogP contribution in [-0.2, 0) is 0 Å². The molecule has 0 fully saturated rings. The Bertz CT molecular complexity index is 353. The van der Waals surface area contributed by atoms with Gasteiger partial charge in [0.2, 0.25) is 0 Å². The zero-order valence-corrected chi connectivity index (χ0v) is 7.83. The van der Waals surface area contributed by atoms with Crippen LogP contribution in [0.3, 0.4) is 0 Å². The number of rotatable bonds is 1. The van der Waals surface area contributed by atoms with E-state index in [0.29, 0.717) is 6.61 Å². The van der Waals surface area contributed by atoms with Gasteiger partial charge in [0.05, 0.1) is 7.11 Å². The van der Waals surface area contributed by atoms with Crippen LogP contribution in [-0.4, -0.2) is 13.7 Å². The first-order valence-corrected chi connectivity index (χ1v) is 4.31. The van der Waals surface area contributed by atoms with Gasteiger partial charge in [-0.25, -0.2) is 0 Å². The Kier molecular flexibility index (Phi) is 1.97. The van der Waals surface area contributed by atoms with E-state index in [1.54, 1.807) is 7.11 Å². The average molecular weight is 176 g/mol. The number of benzene rings is 1. The second-order valence-electron chi connectivity index (χ2n) is 2.96. The summed E-state index contributed by atoms with van der Waals surface area (Å²) in [7, 11) is 1.66. The summed E-state index contributed by atoms with van der Waals surface area (Å²) in [5.41, 5.74) is 2.43. The molecule has 0 aliphatic carbocycles. The highest BCUT2D eigenvalue weighted by Crippen LogP contribution is 2.35. The summed E-state index contributed by atoms with van der Waals surface area (Å²) in [6.07, 6.45) is 2.08.